The summed E-state index contributed by atoms with van der Waals surface area (Å²) < 4.78 is 35.0. The van der Waals surface area contributed by atoms with Gasteiger partial charge in [-0.3, -0.25) is 10.2 Å². The summed E-state index contributed by atoms with van der Waals surface area (Å²) in [6.45, 7) is 2.28. The molecular weight excluding hydrogens is 494 g/mol. The van der Waals surface area contributed by atoms with Crippen molar-refractivity contribution >= 4 is 27.1 Å². The topological polar surface area (TPSA) is 131 Å². The number of pyridine rings is 1. The van der Waals surface area contributed by atoms with E-state index in [0.29, 0.717) is 35.8 Å². The summed E-state index contributed by atoms with van der Waals surface area (Å²) in [7, 11) is -1.78. The van der Waals surface area contributed by atoms with Crippen LogP contribution in [0, 0.1) is 17.8 Å². The monoisotopic (exact) mass is 527 g/mol. The normalized spacial score (nSPS) is 32.0. The Morgan fingerprint density at radius 2 is 2.05 bits per heavy atom. The molecule has 1 aromatic carbocycles. The van der Waals surface area contributed by atoms with Gasteiger partial charge < -0.3 is 20.1 Å². The minimum atomic E-state index is -3.43. The Bertz CT molecular complexity index is 1350. The summed E-state index contributed by atoms with van der Waals surface area (Å²) in [4.78, 5) is 17.2. The first kappa shape index (κ1) is 24.4. The Hall–Kier alpha value is -2.89. The summed E-state index contributed by atoms with van der Waals surface area (Å²) in [6.07, 6.45) is 6.53. The fourth-order valence-corrected chi connectivity index (χ4v) is 7.25. The number of amides is 1. The van der Waals surface area contributed by atoms with Crippen molar-refractivity contribution < 1.29 is 22.7 Å². The van der Waals surface area contributed by atoms with E-state index in [1.165, 1.54) is 12.3 Å². The molecule has 1 saturated heterocycles. The molecule has 10 nitrogen and oxygen atoms in total. The molecule has 4 unspecified atom stereocenters. The second-order valence-corrected chi connectivity index (χ2v) is 12.6. The second kappa shape index (κ2) is 8.85. The highest BCUT2D eigenvalue weighted by Gasteiger charge is 2.67. The highest BCUT2D eigenvalue weighted by molar-refractivity contribution is 7.90. The molecule has 6 rings (SSSR count). The van der Waals surface area contributed by atoms with Crippen LogP contribution in [0.1, 0.15) is 38.2 Å². The van der Waals surface area contributed by atoms with E-state index in [1.54, 1.807) is 7.11 Å². The van der Waals surface area contributed by atoms with Crippen LogP contribution in [-0.2, 0) is 20.0 Å². The van der Waals surface area contributed by atoms with Gasteiger partial charge in [-0.15, -0.1) is 0 Å². The smallest absolute Gasteiger partial charge is 0.235 e. The summed E-state index contributed by atoms with van der Waals surface area (Å²) in [5.41, 5.74) is 9.07. The number of benzene rings is 1. The third-order valence-electron chi connectivity index (χ3n) is 8.57. The molecule has 4 N–H and O–H groups in total. The first-order valence-corrected chi connectivity index (χ1v) is 14.7. The fraction of sp³-hybridized carbons (Fsp3) is 0.538. The van der Waals surface area contributed by atoms with Crippen molar-refractivity contribution in [3.05, 3.63) is 36.0 Å². The number of carbonyl (C=O) groups is 1. The van der Waals surface area contributed by atoms with E-state index in [9.17, 15) is 13.2 Å². The van der Waals surface area contributed by atoms with Crippen LogP contribution in [-0.4, -0.2) is 51.5 Å². The number of sulfone groups is 1. The predicted octanol–water partition coefficient (Wildman–Crippen LogP) is 2.43. The number of carbonyl (C=O) groups excluding carboxylic acids is 1. The van der Waals surface area contributed by atoms with Gasteiger partial charge in [-0.05, 0) is 68.2 Å². The van der Waals surface area contributed by atoms with E-state index in [1.807, 2.05) is 25.1 Å². The summed E-state index contributed by atoms with van der Waals surface area (Å²) in [6, 6.07) is 7.60. The van der Waals surface area contributed by atoms with Gasteiger partial charge in [0, 0.05) is 30.0 Å². The van der Waals surface area contributed by atoms with E-state index in [-0.39, 0.29) is 23.1 Å². The third kappa shape index (κ3) is 4.04. The quantitative estimate of drug-likeness (QED) is 0.429. The lowest BCUT2D eigenvalue weighted by Crippen LogP contribution is -2.39. The Morgan fingerprint density at radius 1 is 1.22 bits per heavy atom. The van der Waals surface area contributed by atoms with Crippen molar-refractivity contribution in [2.24, 2.45) is 17.8 Å². The van der Waals surface area contributed by atoms with Crippen LogP contribution in [0.4, 0.5) is 11.4 Å². The number of hydrazine groups is 1. The fourth-order valence-electron chi connectivity index (χ4n) is 6.69. The molecule has 11 heteroatoms. The number of nitrogens with zero attached hydrogens (tertiary/aromatic N) is 1. The number of fused-ring (bicyclic) bond motifs is 3. The number of rotatable bonds is 7. The molecule has 3 heterocycles. The molecule has 37 heavy (non-hydrogen) atoms. The van der Waals surface area contributed by atoms with Crippen molar-refractivity contribution in [1.29, 1.82) is 0 Å². The molecule has 2 aliphatic heterocycles. The summed E-state index contributed by atoms with van der Waals surface area (Å²) in [5, 5.41) is 6.56. The molecule has 1 aromatic heterocycles. The molecule has 4 aliphatic rings. The van der Waals surface area contributed by atoms with Crippen LogP contribution in [0.2, 0.25) is 0 Å². The predicted molar refractivity (Wildman–Crippen MR) is 138 cm³/mol. The zero-order valence-corrected chi connectivity index (χ0v) is 22.0. The Morgan fingerprint density at radius 3 is 2.81 bits per heavy atom. The van der Waals surface area contributed by atoms with Crippen LogP contribution in [0.3, 0.4) is 0 Å². The van der Waals surface area contributed by atoms with E-state index in [2.05, 4.69) is 26.5 Å². The van der Waals surface area contributed by atoms with Gasteiger partial charge in [0.25, 0.3) is 0 Å². The van der Waals surface area contributed by atoms with Crippen LogP contribution in [0.15, 0.2) is 35.5 Å². The molecule has 3 fully saturated rings. The van der Waals surface area contributed by atoms with Gasteiger partial charge in [0.1, 0.15) is 11.5 Å². The molecule has 198 valence electrons. The highest BCUT2D eigenvalue weighted by Crippen LogP contribution is 2.65. The SMILES string of the molecule is CCOc1cc(S(C)(=O)=O)ncc1NC1NNC2CC([C@@H]3C[C@@]34C(=O)Nc3ccc(OC)cc34)CCC21. The minimum Gasteiger partial charge on any atom is -0.497 e. The van der Waals surface area contributed by atoms with Crippen molar-refractivity contribution in [2.45, 2.75) is 55.3 Å². The van der Waals surface area contributed by atoms with Gasteiger partial charge in [0.05, 0.1) is 37.2 Å². The lowest BCUT2D eigenvalue weighted by Gasteiger charge is -2.34. The van der Waals surface area contributed by atoms with E-state index in [0.717, 1.165) is 48.9 Å². The summed E-state index contributed by atoms with van der Waals surface area (Å²) >= 11 is 0. The number of methoxy groups -OCH3 is 1. The van der Waals surface area contributed by atoms with Gasteiger partial charge >= 0.3 is 0 Å². The van der Waals surface area contributed by atoms with Crippen LogP contribution < -0.4 is 31.0 Å². The number of hydrogen-bond acceptors (Lipinski definition) is 9. The van der Waals surface area contributed by atoms with Crippen LogP contribution >= 0.6 is 0 Å². The van der Waals surface area contributed by atoms with Gasteiger partial charge in [-0.25, -0.2) is 18.8 Å². The first-order valence-electron chi connectivity index (χ1n) is 12.8. The van der Waals surface area contributed by atoms with Crippen molar-refractivity contribution in [3.8, 4) is 11.5 Å². The van der Waals surface area contributed by atoms with Crippen molar-refractivity contribution in [1.82, 2.24) is 15.8 Å². The summed E-state index contributed by atoms with van der Waals surface area (Å²) in [5.74, 6) is 2.48. The molecule has 6 atom stereocenters. The molecular formula is C26H33N5O5S. The van der Waals surface area contributed by atoms with E-state index >= 15 is 0 Å². The standard InChI is InChI=1S/C26H33N5O5S/c1-4-36-22-11-23(37(3,33)34)27-13-21(22)28-24-16-7-5-14(9-20(16)30-31-24)18-12-26(18)17-10-15(35-2)6-8-19(17)29-25(26)32/h6,8,10-11,13-14,16,18,20,24,28,30-31H,4-5,7,9,12H2,1-3H3,(H,29,32)/t14?,16?,18-,20?,24?,26-/m0/s1. The molecule has 2 aliphatic carbocycles. The van der Waals surface area contributed by atoms with E-state index in [4.69, 9.17) is 9.47 Å². The maximum atomic E-state index is 13.1. The Kier molecular flexibility index (Phi) is 5.85. The molecule has 2 aromatic rings. The minimum absolute atomic E-state index is 0.00843. The van der Waals surface area contributed by atoms with Crippen LogP contribution in [0.25, 0.3) is 0 Å². The van der Waals surface area contributed by atoms with Gasteiger partial charge in [-0.1, -0.05) is 0 Å². The number of hydrogen-bond donors (Lipinski definition) is 4. The Balaban J connectivity index is 1.15. The van der Waals surface area contributed by atoms with Gasteiger partial charge in [0.15, 0.2) is 14.9 Å². The number of ether oxygens (including phenoxy) is 2. The number of nitrogens with one attached hydrogen (secondary N) is 4. The van der Waals surface area contributed by atoms with Crippen molar-refractivity contribution in [2.75, 3.05) is 30.6 Å². The Labute approximate surface area is 216 Å². The average molecular weight is 528 g/mol. The number of aromatic nitrogens is 1. The largest absolute Gasteiger partial charge is 0.497 e. The lowest BCUT2D eigenvalue weighted by molar-refractivity contribution is -0.118. The maximum absolute atomic E-state index is 13.1. The second-order valence-electron chi connectivity index (χ2n) is 10.6. The number of anilines is 2. The van der Waals surface area contributed by atoms with Gasteiger partial charge in [-0.2, -0.15) is 0 Å². The zero-order chi connectivity index (χ0) is 25.9. The molecule has 0 radical (unpaired) electrons. The average Bonchev–Trinajstić information content (AvgIpc) is 3.43. The molecule has 0 bridgehead atoms. The van der Waals surface area contributed by atoms with Crippen LogP contribution in [0.5, 0.6) is 11.5 Å². The first-order chi connectivity index (χ1) is 17.7. The maximum Gasteiger partial charge on any atom is 0.235 e. The lowest BCUT2D eigenvalue weighted by atomic mass is 9.74. The molecule has 2 saturated carbocycles. The molecule has 1 amide bonds. The van der Waals surface area contributed by atoms with Gasteiger partial charge in [0.2, 0.25) is 5.91 Å². The molecule has 1 spiro atoms. The zero-order valence-electron chi connectivity index (χ0n) is 21.2. The third-order valence-corrected chi connectivity index (χ3v) is 9.56. The van der Waals surface area contributed by atoms with Crippen molar-refractivity contribution in [3.63, 3.8) is 0 Å². The highest BCUT2D eigenvalue weighted by atomic mass is 32.2. The van der Waals surface area contributed by atoms with E-state index < -0.39 is 15.3 Å².